The van der Waals surface area contributed by atoms with E-state index in [-0.39, 0.29) is 5.41 Å². The number of hydrogen-bond donors (Lipinski definition) is 0. The molecule has 2 aliphatic rings. The van der Waals surface area contributed by atoms with E-state index in [0.29, 0.717) is 0 Å². The zero-order chi connectivity index (χ0) is 40.0. The van der Waals surface area contributed by atoms with E-state index in [9.17, 15) is 0 Å². The zero-order valence-electron chi connectivity index (χ0n) is 33.7. The van der Waals surface area contributed by atoms with E-state index in [4.69, 9.17) is 4.98 Å². The normalized spacial score (nSPS) is 14.1. The molecule has 0 saturated carbocycles. The fourth-order valence-corrected chi connectivity index (χ4v) is 10.8. The first kappa shape index (κ1) is 34.7. The summed E-state index contributed by atoms with van der Waals surface area (Å²) in [6.07, 6.45) is 0. The Bertz CT molecular complexity index is 3230. The van der Waals surface area contributed by atoms with Crippen LogP contribution in [0.3, 0.4) is 0 Å². The number of benzene rings is 9. The third-order valence-corrected chi connectivity index (χ3v) is 13.5. The van der Waals surface area contributed by atoms with Crippen molar-refractivity contribution in [2.24, 2.45) is 0 Å². The van der Waals surface area contributed by atoms with E-state index < -0.39 is 5.41 Å². The molecular weight excluding hydrogens is 723 g/mol. The molecule has 1 aromatic heterocycles. The van der Waals surface area contributed by atoms with Crippen LogP contribution in [0.25, 0.3) is 77.4 Å². The lowest BCUT2D eigenvalue weighted by Crippen LogP contribution is -2.40. The van der Waals surface area contributed by atoms with Crippen molar-refractivity contribution < 1.29 is 0 Å². The molecule has 10 aromatic rings. The summed E-state index contributed by atoms with van der Waals surface area (Å²) in [5, 5.41) is 5.09. The van der Waals surface area contributed by atoms with Crippen molar-refractivity contribution in [1.29, 1.82) is 0 Å². The predicted molar refractivity (Wildman–Crippen MR) is 250 cm³/mol. The average Bonchev–Trinajstić information content (AvgIpc) is 3.61. The van der Waals surface area contributed by atoms with Gasteiger partial charge in [0.05, 0.1) is 16.8 Å². The van der Waals surface area contributed by atoms with Crippen molar-refractivity contribution in [1.82, 2.24) is 4.98 Å². The van der Waals surface area contributed by atoms with E-state index >= 15 is 0 Å². The summed E-state index contributed by atoms with van der Waals surface area (Å²) in [6.45, 7) is 4.79. The Hall–Kier alpha value is -7.35. The molecule has 0 unspecified atom stereocenters. The van der Waals surface area contributed by atoms with Gasteiger partial charge in [0.25, 0.3) is 0 Å². The van der Waals surface area contributed by atoms with Gasteiger partial charge in [-0.25, -0.2) is 4.98 Å². The molecule has 9 aromatic carbocycles. The van der Waals surface area contributed by atoms with Crippen molar-refractivity contribution in [3.63, 3.8) is 0 Å². The lowest BCUT2D eigenvalue weighted by atomic mass is 9.55. The number of rotatable bonds is 4. The van der Waals surface area contributed by atoms with E-state index in [1.54, 1.807) is 0 Å². The van der Waals surface area contributed by atoms with Gasteiger partial charge in [0.1, 0.15) is 0 Å². The Labute approximate surface area is 351 Å². The van der Waals surface area contributed by atoms with Crippen LogP contribution in [-0.4, -0.2) is 4.98 Å². The molecular formula is C59H41N. The van der Waals surface area contributed by atoms with Gasteiger partial charge in [-0.2, -0.15) is 0 Å². The standard InChI is InChI=1S/C59H41N/c1-58(2)50-23-11-13-25-52(50)59(53-26-14-12-24-51(53)58)49-33-31-42(41-30-32-46-43(34-41)29-28-38-16-9-10-21-45(38)46)35-48(49)57-47(22-15-27-54(57)59)44-36-55(39-17-5-3-6-18-39)60-56(37-44)40-19-7-4-8-20-40/h3-37H,1-2H3. The van der Waals surface area contributed by atoms with Gasteiger partial charge >= 0.3 is 0 Å². The fourth-order valence-electron chi connectivity index (χ4n) is 10.8. The summed E-state index contributed by atoms with van der Waals surface area (Å²) in [7, 11) is 0. The molecule has 0 amide bonds. The van der Waals surface area contributed by atoms with Crippen molar-refractivity contribution in [2.75, 3.05) is 0 Å². The minimum Gasteiger partial charge on any atom is -0.248 e. The smallest absolute Gasteiger partial charge is 0.0719 e. The van der Waals surface area contributed by atoms with Gasteiger partial charge in [0.2, 0.25) is 0 Å². The average molecular weight is 764 g/mol. The molecule has 0 bridgehead atoms. The van der Waals surface area contributed by atoms with Crippen LogP contribution in [0, 0.1) is 0 Å². The molecule has 0 atom stereocenters. The number of hydrogen-bond acceptors (Lipinski definition) is 1. The largest absolute Gasteiger partial charge is 0.248 e. The Balaban J connectivity index is 1.16. The van der Waals surface area contributed by atoms with Crippen LogP contribution in [0.15, 0.2) is 212 Å². The maximum Gasteiger partial charge on any atom is 0.0719 e. The molecule has 1 heterocycles. The number of fused-ring (bicyclic) bond motifs is 12. The van der Waals surface area contributed by atoms with Gasteiger partial charge in [0.15, 0.2) is 0 Å². The van der Waals surface area contributed by atoms with Crippen molar-refractivity contribution >= 4 is 21.5 Å². The molecule has 0 radical (unpaired) electrons. The molecule has 282 valence electrons. The summed E-state index contributed by atoms with van der Waals surface area (Å²) in [5.41, 5.74) is 18.9. The van der Waals surface area contributed by atoms with Gasteiger partial charge in [-0.15, -0.1) is 0 Å². The molecule has 1 nitrogen and oxygen atoms in total. The second kappa shape index (κ2) is 13.1. The maximum atomic E-state index is 5.29. The summed E-state index contributed by atoms with van der Waals surface area (Å²) >= 11 is 0. The first-order valence-electron chi connectivity index (χ1n) is 21.0. The number of aromatic nitrogens is 1. The van der Waals surface area contributed by atoms with Gasteiger partial charge in [-0.05, 0) is 113 Å². The van der Waals surface area contributed by atoms with Crippen molar-refractivity contribution in [3.8, 4) is 55.9 Å². The van der Waals surface area contributed by atoms with Gasteiger partial charge in [-0.1, -0.05) is 202 Å². The quantitative estimate of drug-likeness (QED) is 0.163. The third kappa shape index (κ3) is 4.96. The molecule has 0 N–H and O–H groups in total. The van der Waals surface area contributed by atoms with Crippen molar-refractivity contribution in [2.45, 2.75) is 24.7 Å². The van der Waals surface area contributed by atoms with Crippen LogP contribution in [0.5, 0.6) is 0 Å². The summed E-state index contributed by atoms with van der Waals surface area (Å²) in [4.78, 5) is 5.29. The molecule has 0 fully saturated rings. The molecule has 12 rings (SSSR count). The van der Waals surface area contributed by atoms with Crippen LogP contribution < -0.4 is 0 Å². The second-order valence-electron chi connectivity index (χ2n) is 17.0. The van der Waals surface area contributed by atoms with Gasteiger partial charge in [-0.3, -0.25) is 0 Å². The van der Waals surface area contributed by atoms with Crippen LogP contribution in [0.4, 0.5) is 0 Å². The highest BCUT2D eigenvalue weighted by Crippen LogP contribution is 2.63. The Morgan fingerprint density at radius 1 is 0.317 bits per heavy atom. The Morgan fingerprint density at radius 3 is 1.53 bits per heavy atom. The van der Waals surface area contributed by atoms with Gasteiger partial charge in [0, 0.05) is 16.5 Å². The van der Waals surface area contributed by atoms with E-state index in [1.807, 2.05) is 0 Å². The van der Waals surface area contributed by atoms with Gasteiger partial charge < -0.3 is 0 Å². The second-order valence-corrected chi connectivity index (χ2v) is 17.0. The topological polar surface area (TPSA) is 12.9 Å². The van der Waals surface area contributed by atoms with Crippen LogP contribution >= 0.6 is 0 Å². The molecule has 0 aliphatic heterocycles. The highest BCUT2D eigenvalue weighted by atomic mass is 14.7. The highest BCUT2D eigenvalue weighted by molar-refractivity contribution is 6.08. The number of pyridine rings is 1. The monoisotopic (exact) mass is 763 g/mol. The summed E-state index contributed by atoms with van der Waals surface area (Å²) < 4.78 is 0. The molecule has 1 spiro atoms. The SMILES string of the molecule is CC1(C)c2ccccc2C2(c3ccc(-c4ccc5c(ccc6ccccc65)c4)cc3-c3c(-c4cc(-c5ccccc5)nc(-c5ccccc5)c4)cccc32)c2ccccc21. The Morgan fingerprint density at radius 2 is 0.850 bits per heavy atom. The third-order valence-electron chi connectivity index (χ3n) is 13.5. The predicted octanol–water partition coefficient (Wildman–Crippen LogP) is 15.1. The molecule has 0 saturated heterocycles. The summed E-state index contributed by atoms with van der Waals surface area (Å²) in [6, 6.07) is 78.7. The van der Waals surface area contributed by atoms with E-state index in [1.165, 1.54) is 82.7 Å². The minimum atomic E-state index is -0.512. The van der Waals surface area contributed by atoms with Crippen LogP contribution in [-0.2, 0) is 10.8 Å². The summed E-state index contributed by atoms with van der Waals surface area (Å²) in [5.74, 6) is 0. The van der Waals surface area contributed by atoms with Crippen LogP contribution in [0.2, 0.25) is 0 Å². The van der Waals surface area contributed by atoms with Crippen molar-refractivity contribution in [3.05, 3.63) is 246 Å². The van der Waals surface area contributed by atoms with E-state index in [0.717, 1.165) is 28.1 Å². The fraction of sp³-hybridized carbons (Fsp3) is 0.0678. The van der Waals surface area contributed by atoms with Crippen LogP contribution in [0.1, 0.15) is 47.2 Å². The maximum absolute atomic E-state index is 5.29. The molecule has 1 heteroatoms. The Kier molecular flexibility index (Phi) is 7.56. The number of nitrogens with zero attached hydrogens (tertiary/aromatic N) is 1. The highest BCUT2D eigenvalue weighted by Gasteiger charge is 2.53. The van der Waals surface area contributed by atoms with E-state index in [2.05, 4.69) is 226 Å². The minimum absolute atomic E-state index is 0.172. The first-order valence-corrected chi connectivity index (χ1v) is 21.0. The molecule has 2 aliphatic carbocycles. The lowest BCUT2D eigenvalue weighted by Gasteiger charge is -2.46. The molecule has 60 heavy (non-hydrogen) atoms. The first-order chi connectivity index (χ1) is 29.5. The zero-order valence-corrected chi connectivity index (χ0v) is 33.7. The lowest BCUT2D eigenvalue weighted by molar-refractivity contribution is 0.563.